The Labute approximate surface area is 234 Å². The third-order valence-electron chi connectivity index (χ3n) is 6.31. The van der Waals surface area contributed by atoms with Crippen LogP contribution in [0.2, 0.25) is 0 Å². The molecule has 12 nitrogen and oxygen atoms in total. The predicted molar refractivity (Wildman–Crippen MR) is 154 cm³/mol. The van der Waals surface area contributed by atoms with Gasteiger partial charge in [0, 0.05) is 61.2 Å². The fourth-order valence-corrected chi connectivity index (χ4v) is 4.38. The number of non-ortho nitro benzene ring substituents is 1. The molecule has 0 atom stereocenters. The number of carbonyl (C=O) groups is 3. The van der Waals surface area contributed by atoms with Crippen LogP contribution in [0, 0.1) is 10.1 Å². The van der Waals surface area contributed by atoms with E-state index in [1.807, 2.05) is 48.5 Å². The summed E-state index contributed by atoms with van der Waals surface area (Å²) < 4.78 is 0. The van der Waals surface area contributed by atoms with Gasteiger partial charge in [-0.25, -0.2) is 4.98 Å². The molecule has 1 aliphatic rings. The minimum Gasteiger partial charge on any atom is -0.354 e. The second-order valence-corrected chi connectivity index (χ2v) is 9.32. The van der Waals surface area contributed by atoms with Gasteiger partial charge >= 0.3 is 0 Å². The topological polar surface area (TPSA) is 171 Å². The molecular formula is C29H25N7O5. The molecule has 0 radical (unpaired) electrons. The summed E-state index contributed by atoms with van der Waals surface area (Å²) in [5.41, 5.74) is 5.06. The van der Waals surface area contributed by atoms with Gasteiger partial charge in [0.05, 0.1) is 21.9 Å². The summed E-state index contributed by atoms with van der Waals surface area (Å²) in [5, 5.41) is 22.9. The molecule has 206 valence electrons. The first kappa shape index (κ1) is 26.8. The van der Waals surface area contributed by atoms with Crippen molar-refractivity contribution in [3.8, 4) is 11.3 Å². The quantitative estimate of drug-likeness (QED) is 0.122. The normalized spacial score (nSPS) is 13.2. The summed E-state index contributed by atoms with van der Waals surface area (Å²) >= 11 is 0. The number of amides is 3. The highest BCUT2D eigenvalue weighted by Gasteiger charge is 2.30. The second-order valence-electron chi connectivity index (χ2n) is 9.32. The van der Waals surface area contributed by atoms with Crippen molar-refractivity contribution >= 4 is 52.0 Å². The Morgan fingerprint density at radius 3 is 2.34 bits per heavy atom. The van der Waals surface area contributed by atoms with E-state index >= 15 is 0 Å². The maximum Gasteiger partial charge on any atom is 0.270 e. The number of benzene rings is 3. The first-order valence-corrected chi connectivity index (χ1v) is 12.6. The van der Waals surface area contributed by atoms with Crippen LogP contribution in [0.25, 0.3) is 22.5 Å². The van der Waals surface area contributed by atoms with Crippen molar-refractivity contribution in [2.45, 2.75) is 20.4 Å². The van der Waals surface area contributed by atoms with Crippen LogP contribution in [0.5, 0.6) is 0 Å². The number of nitrogens with one attached hydrogen (secondary N) is 5. The van der Waals surface area contributed by atoms with Crippen molar-refractivity contribution in [3.05, 3.63) is 99.7 Å². The van der Waals surface area contributed by atoms with Crippen LogP contribution >= 0.6 is 0 Å². The lowest BCUT2D eigenvalue weighted by atomic mass is 9.98. The SMILES string of the molecule is CC(=O)NCc1ccc(C(Nc2ccc(-c3c[nH]c(NC(C)=O)n3)cc2)=C2C(=O)Nc3ccc([N+](=O)[O-])cc32)cc1. The maximum atomic E-state index is 13.2. The summed E-state index contributed by atoms with van der Waals surface area (Å²) in [6.45, 7) is 3.19. The third kappa shape index (κ3) is 5.96. The number of hydrogen-bond acceptors (Lipinski definition) is 7. The van der Waals surface area contributed by atoms with Gasteiger partial charge in [-0.2, -0.15) is 0 Å². The molecule has 0 saturated carbocycles. The molecule has 3 amide bonds. The number of anilines is 3. The highest BCUT2D eigenvalue weighted by Crippen LogP contribution is 2.39. The van der Waals surface area contributed by atoms with E-state index in [1.165, 1.54) is 32.0 Å². The van der Waals surface area contributed by atoms with Crippen molar-refractivity contribution in [1.82, 2.24) is 15.3 Å². The van der Waals surface area contributed by atoms with Crippen LogP contribution in [0.3, 0.4) is 0 Å². The van der Waals surface area contributed by atoms with E-state index in [-0.39, 0.29) is 23.1 Å². The minimum absolute atomic E-state index is 0.134. The van der Waals surface area contributed by atoms with E-state index in [9.17, 15) is 24.5 Å². The Bertz CT molecular complexity index is 1710. The van der Waals surface area contributed by atoms with Crippen molar-refractivity contribution in [3.63, 3.8) is 0 Å². The standard InChI is InChI=1S/C29H25N7O5/c1-16(37)30-14-18-3-5-20(6-4-18)27(26-23-13-22(36(40)41)11-12-24(23)34-28(26)39)33-21-9-7-19(8-10-21)25-15-31-29(35-25)32-17(2)38/h3-13,15,33H,14H2,1-2H3,(H,30,37)(H,34,39)(H2,31,32,35,38). The van der Waals surface area contributed by atoms with Crippen LogP contribution in [0.4, 0.5) is 23.0 Å². The highest BCUT2D eigenvalue weighted by atomic mass is 16.6. The smallest absolute Gasteiger partial charge is 0.270 e. The second kappa shape index (κ2) is 11.1. The Kier molecular flexibility index (Phi) is 7.29. The fraction of sp³-hybridized carbons (Fsp3) is 0.103. The Hall–Kier alpha value is -5.78. The number of H-pyrrole nitrogens is 1. The average molecular weight is 552 g/mol. The number of imidazole rings is 1. The molecule has 12 heteroatoms. The highest BCUT2D eigenvalue weighted by molar-refractivity contribution is 6.37. The first-order valence-electron chi connectivity index (χ1n) is 12.6. The summed E-state index contributed by atoms with van der Waals surface area (Å²) in [4.78, 5) is 54.1. The molecule has 0 fully saturated rings. The lowest BCUT2D eigenvalue weighted by Gasteiger charge is -2.16. The monoisotopic (exact) mass is 551 g/mol. The molecule has 3 aromatic carbocycles. The summed E-state index contributed by atoms with van der Waals surface area (Å²) in [6, 6.07) is 18.8. The Morgan fingerprint density at radius 2 is 1.68 bits per heavy atom. The molecular weight excluding hydrogens is 526 g/mol. The van der Waals surface area contributed by atoms with Crippen molar-refractivity contribution in [2.24, 2.45) is 0 Å². The van der Waals surface area contributed by atoms with E-state index in [0.29, 0.717) is 46.4 Å². The number of carbonyl (C=O) groups excluding carboxylic acids is 3. The molecule has 1 aromatic heterocycles. The van der Waals surface area contributed by atoms with E-state index in [2.05, 4.69) is 31.2 Å². The van der Waals surface area contributed by atoms with Gasteiger partial charge in [-0.3, -0.25) is 29.8 Å². The van der Waals surface area contributed by atoms with Gasteiger partial charge < -0.3 is 20.9 Å². The maximum absolute atomic E-state index is 13.2. The lowest BCUT2D eigenvalue weighted by molar-refractivity contribution is -0.384. The number of nitrogens with zero attached hydrogens (tertiary/aromatic N) is 2. The van der Waals surface area contributed by atoms with Crippen LogP contribution in [-0.4, -0.2) is 32.6 Å². The molecule has 0 saturated heterocycles. The van der Waals surface area contributed by atoms with Crippen molar-refractivity contribution in [2.75, 3.05) is 16.0 Å². The third-order valence-corrected chi connectivity index (χ3v) is 6.31. The van der Waals surface area contributed by atoms with E-state index in [0.717, 1.165) is 11.1 Å². The first-order chi connectivity index (χ1) is 19.7. The van der Waals surface area contributed by atoms with Crippen LogP contribution in [-0.2, 0) is 20.9 Å². The number of aromatic amines is 1. The number of fused-ring (bicyclic) bond motifs is 1. The summed E-state index contributed by atoms with van der Waals surface area (Å²) in [6.07, 6.45) is 1.68. The number of hydrogen-bond donors (Lipinski definition) is 5. The lowest BCUT2D eigenvalue weighted by Crippen LogP contribution is -2.18. The fourth-order valence-electron chi connectivity index (χ4n) is 4.38. The molecule has 5 N–H and O–H groups in total. The predicted octanol–water partition coefficient (Wildman–Crippen LogP) is 4.51. The van der Waals surface area contributed by atoms with Gasteiger partial charge in [-0.15, -0.1) is 0 Å². The molecule has 5 rings (SSSR count). The Balaban J connectivity index is 1.53. The summed E-state index contributed by atoms with van der Waals surface area (Å²) in [7, 11) is 0. The largest absolute Gasteiger partial charge is 0.354 e. The molecule has 0 bridgehead atoms. The number of nitro benzene ring substituents is 1. The molecule has 1 aliphatic heterocycles. The van der Waals surface area contributed by atoms with Gasteiger partial charge in [-0.05, 0) is 29.3 Å². The molecule has 0 spiro atoms. The van der Waals surface area contributed by atoms with E-state index in [1.54, 1.807) is 6.20 Å². The number of aromatic nitrogens is 2. The molecule has 4 aromatic rings. The minimum atomic E-state index is -0.504. The van der Waals surface area contributed by atoms with Gasteiger partial charge in [0.1, 0.15) is 0 Å². The van der Waals surface area contributed by atoms with E-state index < -0.39 is 10.8 Å². The zero-order chi connectivity index (χ0) is 29.1. The zero-order valence-electron chi connectivity index (χ0n) is 22.1. The number of rotatable bonds is 8. The molecule has 41 heavy (non-hydrogen) atoms. The van der Waals surface area contributed by atoms with Crippen molar-refractivity contribution in [1.29, 1.82) is 0 Å². The van der Waals surface area contributed by atoms with Gasteiger partial charge in [0.15, 0.2) is 0 Å². The van der Waals surface area contributed by atoms with E-state index in [4.69, 9.17) is 0 Å². The van der Waals surface area contributed by atoms with Gasteiger partial charge in [0.2, 0.25) is 17.8 Å². The number of nitro groups is 1. The van der Waals surface area contributed by atoms with Gasteiger partial charge in [-0.1, -0.05) is 36.4 Å². The van der Waals surface area contributed by atoms with Crippen LogP contribution in [0.15, 0.2) is 72.9 Å². The zero-order valence-corrected chi connectivity index (χ0v) is 22.1. The molecule has 2 heterocycles. The average Bonchev–Trinajstić information content (AvgIpc) is 3.54. The molecule has 0 unspecified atom stereocenters. The van der Waals surface area contributed by atoms with Crippen LogP contribution in [0.1, 0.15) is 30.5 Å². The Morgan fingerprint density at radius 1 is 0.951 bits per heavy atom. The van der Waals surface area contributed by atoms with Crippen molar-refractivity contribution < 1.29 is 19.3 Å². The van der Waals surface area contributed by atoms with Crippen LogP contribution < -0.4 is 21.3 Å². The van der Waals surface area contributed by atoms with Gasteiger partial charge in [0.25, 0.3) is 11.6 Å². The summed E-state index contributed by atoms with van der Waals surface area (Å²) in [5.74, 6) is -0.450. The molecule has 0 aliphatic carbocycles.